The lowest BCUT2D eigenvalue weighted by Gasteiger charge is -2.13. The Hall–Kier alpha value is -1.06. The van der Waals surface area contributed by atoms with E-state index in [1.807, 2.05) is 12.1 Å². The maximum atomic E-state index is 6.05. The van der Waals surface area contributed by atoms with Crippen LogP contribution >= 0.6 is 11.6 Å². The van der Waals surface area contributed by atoms with Gasteiger partial charge in [0.2, 0.25) is 0 Å². The molecule has 0 aliphatic carbocycles. The smallest absolute Gasteiger partial charge is 0.110 e. The Kier molecular flexibility index (Phi) is 4.83. The van der Waals surface area contributed by atoms with Crippen molar-refractivity contribution < 1.29 is 0 Å². The number of fused-ring (bicyclic) bond motifs is 1. The fourth-order valence-corrected chi connectivity index (χ4v) is 2.60. The summed E-state index contributed by atoms with van der Waals surface area (Å²) >= 11 is 6.05. The molecule has 1 aromatic carbocycles. The van der Waals surface area contributed by atoms with Gasteiger partial charge in [0.1, 0.15) is 5.82 Å². The Morgan fingerprint density at radius 1 is 1.37 bits per heavy atom. The molecule has 0 amide bonds. The lowest BCUT2D eigenvalue weighted by molar-refractivity contribution is 0.490. The highest BCUT2D eigenvalue weighted by Crippen LogP contribution is 2.23. The topological polar surface area (TPSA) is 43.8 Å². The molecule has 3 nitrogen and oxygen atoms in total. The number of rotatable bonds is 6. The summed E-state index contributed by atoms with van der Waals surface area (Å²) in [6, 6.07) is 5.94. The van der Waals surface area contributed by atoms with Gasteiger partial charge in [-0.3, -0.25) is 0 Å². The second-order valence-electron chi connectivity index (χ2n) is 5.03. The van der Waals surface area contributed by atoms with E-state index in [2.05, 4.69) is 24.5 Å². The summed E-state index contributed by atoms with van der Waals surface area (Å²) in [7, 11) is 0. The molecular formula is C15H22ClN3. The zero-order valence-electron chi connectivity index (χ0n) is 11.7. The first-order valence-corrected chi connectivity index (χ1v) is 7.42. The summed E-state index contributed by atoms with van der Waals surface area (Å²) in [6.07, 6.45) is 3.13. The molecule has 2 rings (SSSR count). The minimum absolute atomic E-state index is 0.503. The predicted octanol–water partition coefficient (Wildman–Crippen LogP) is 3.63. The van der Waals surface area contributed by atoms with E-state index in [-0.39, 0.29) is 0 Å². The average Bonchev–Trinajstić information content (AvgIpc) is 2.73. The minimum atomic E-state index is 0.503. The minimum Gasteiger partial charge on any atom is -0.330 e. The van der Waals surface area contributed by atoms with Crippen molar-refractivity contribution in [2.24, 2.45) is 11.7 Å². The van der Waals surface area contributed by atoms with Crippen LogP contribution in [0, 0.1) is 5.92 Å². The molecule has 4 heteroatoms. The maximum Gasteiger partial charge on any atom is 0.110 e. The largest absolute Gasteiger partial charge is 0.330 e. The van der Waals surface area contributed by atoms with E-state index in [9.17, 15) is 0 Å². The van der Waals surface area contributed by atoms with Crippen LogP contribution in [-0.4, -0.2) is 16.1 Å². The van der Waals surface area contributed by atoms with Gasteiger partial charge < -0.3 is 10.3 Å². The quantitative estimate of drug-likeness (QED) is 0.877. The van der Waals surface area contributed by atoms with Crippen molar-refractivity contribution in [3.05, 3.63) is 29.0 Å². The normalized spacial score (nSPS) is 13.1. The molecule has 0 fully saturated rings. The second-order valence-corrected chi connectivity index (χ2v) is 5.46. The molecule has 0 radical (unpaired) electrons. The molecule has 2 aromatic rings. The standard InChI is InChI=1S/C15H22ClN3/c1-3-7-19-14-6-5-12(16)9-13(14)18-15(19)8-11(4-2)10-17/h5-6,9,11H,3-4,7-8,10,17H2,1-2H3. The molecule has 0 aliphatic heterocycles. The fourth-order valence-electron chi connectivity index (χ4n) is 2.43. The molecular weight excluding hydrogens is 258 g/mol. The number of imidazole rings is 1. The summed E-state index contributed by atoms with van der Waals surface area (Å²) in [5.41, 5.74) is 7.98. The van der Waals surface area contributed by atoms with Gasteiger partial charge in [0.25, 0.3) is 0 Å². The van der Waals surface area contributed by atoms with Crippen LogP contribution in [0.4, 0.5) is 0 Å². The van der Waals surface area contributed by atoms with Gasteiger partial charge >= 0.3 is 0 Å². The summed E-state index contributed by atoms with van der Waals surface area (Å²) < 4.78 is 2.31. The van der Waals surface area contributed by atoms with Crippen LogP contribution in [0.2, 0.25) is 5.02 Å². The van der Waals surface area contributed by atoms with E-state index in [1.165, 1.54) is 5.52 Å². The highest BCUT2D eigenvalue weighted by molar-refractivity contribution is 6.31. The third-order valence-corrected chi connectivity index (χ3v) is 3.85. The summed E-state index contributed by atoms with van der Waals surface area (Å²) in [6.45, 7) is 6.08. The fraction of sp³-hybridized carbons (Fsp3) is 0.533. The molecule has 104 valence electrons. The molecule has 1 heterocycles. The van der Waals surface area contributed by atoms with E-state index < -0.39 is 0 Å². The molecule has 0 saturated carbocycles. The molecule has 0 spiro atoms. The van der Waals surface area contributed by atoms with Crippen LogP contribution in [0.15, 0.2) is 18.2 Å². The zero-order chi connectivity index (χ0) is 13.8. The SMILES string of the molecule is CCCn1c(CC(CC)CN)nc2cc(Cl)ccc21. The van der Waals surface area contributed by atoms with Crippen LogP contribution in [-0.2, 0) is 13.0 Å². The average molecular weight is 280 g/mol. The highest BCUT2D eigenvalue weighted by Gasteiger charge is 2.14. The van der Waals surface area contributed by atoms with Gasteiger partial charge in [0, 0.05) is 18.0 Å². The molecule has 0 saturated heterocycles. The Morgan fingerprint density at radius 2 is 2.16 bits per heavy atom. The molecule has 19 heavy (non-hydrogen) atoms. The van der Waals surface area contributed by atoms with E-state index in [0.29, 0.717) is 12.5 Å². The van der Waals surface area contributed by atoms with Gasteiger partial charge in [-0.05, 0) is 37.1 Å². The lowest BCUT2D eigenvalue weighted by atomic mass is 10.0. The first kappa shape index (κ1) is 14.4. The van der Waals surface area contributed by atoms with Crippen molar-refractivity contribution in [1.82, 2.24) is 9.55 Å². The Balaban J connectivity index is 2.43. The maximum absolute atomic E-state index is 6.05. The van der Waals surface area contributed by atoms with E-state index in [4.69, 9.17) is 22.3 Å². The summed E-state index contributed by atoms with van der Waals surface area (Å²) in [4.78, 5) is 4.75. The van der Waals surface area contributed by atoms with Gasteiger partial charge in [-0.15, -0.1) is 0 Å². The van der Waals surface area contributed by atoms with Crippen LogP contribution < -0.4 is 5.73 Å². The molecule has 1 atom stereocenters. The molecule has 1 unspecified atom stereocenters. The third-order valence-electron chi connectivity index (χ3n) is 3.62. The number of aryl methyl sites for hydroxylation is 1. The van der Waals surface area contributed by atoms with E-state index in [0.717, 1.165) is 42.2 Å². The molecule has 0 aliphatic rings. The zero-order valence-corrected chi connectivity index (χ0v) is 12.5. The van der Waals surface area contributed by atoms with Gasteiger partial charge in [-0.2, -0.15) is 0 Å². The Morgan fingerprint density at radius 3 is 2.79 bits per heavy atom. The third kappa shape index (κ3) is 3.10. The van der Waals surface area contributed by atoms with Gasteiger partial charge in [-0.25, -0.2) is 4.98 Å². The van der Waals surface area contributed by atoms with Crippen molar-refractivity contribution in [2.75, 3.05) is 6.54 Å². The van der Waals surface area contributed by atoms with Crippen LogP contribution in [0.1, 0.15) is 32.5 Å². The second kappa shape index (κ2) is 6.40. The number of halogens is 1. The Labute approximate surface area is 119 Å². The van der Waals surface area contributed by atoms with Gasteiger partial charge in [0.15, 0.2) is 0 Å². The van der Waals surface area contributed by atoms with Crippen LogP contribution in [0.3, 0.4) is 0 Å². The summed E-state index contributed by atoms with van der Waals surface area (Å²) in [5.74, 6) is 1.64. The van der Waals surface area contributed by atoms with Crippen molar-refractivity contribution in [3.8, 4) is 0 Å². The number of nitrogens with zero attached hydrogens (tertiary/aromatic N) is 2. The number of hydrogen-bond acceptors (Lipinski definition) is 2. The molecule has 1 aromatic heterocycles. The molecule has 0 bridgehead atoms. The van der Waals surface area contributed by atoms with E-state index >= 15 is 0 Å². The van der Waals surface area contributed by atoms with E-state index in [1.54, 1.807) is 0 Å². The first-order chi connectivity index (χ1) is 9.19. The van der Waals surface area contributed by atoms with Crippen molar-refractivity contribution in [1.29, 1.82) is 0 Å². The first-order valence-electron chi connectivity index (χ1n) is 7.04. The van der Waals surface area contributed by atoms with Crippen molar-refractivity contribution in [3.63, 3.8) is 0 Å². The van der Waals surface area contributed by atoms with Crippen molar-refractivity contribution in [2.45, 2.75) is 39.7 Å². The summed E-state index contributed by atoms with van der Waals surface area (Å²) in [5, 5.41) is 0.742. The monoisotopic (exact) mass is 279 g/mol. The Bertz CT molecular complexity index is 544. The number of hydrogen-bond donors (Lipinski definition) is 1. The highest BCUT2D eigenvalue weighted by atomic mass is 35.5. The number of aromatic nitrogens is 2. The number of nitrogens with two attached hydrogens (primary N) is 1. The van der Waals surface area contributed by atoms with Crippen LogP contribution in [0.25, 0.3) is 11.0 Å². The van der Waals surface area contributed by atoms with Crippen molar-refractivity contribution >= 4 is 22.6 Å². The predicted molar refractivity (Wildman–Crippen MR) is 81.6 cm³/mol. The van der Waals surface area contributed by atoms with Gasteiger partial charge in [0.05, 0.1) is 11.0 Å². The van der Waals surface area contributed by atoms with Gasteiger partial charge in [-0.1, -0.05) is 31.9 Å². The lowest BCUT2D eigenvalue weighted by Crippen LogP contribution is -2.18. The number of benzene rings is 1. The molecule has 2 N–H and O–H groups in total. The van der Waals surface area contributed by atoms with Crippen LogP contribution in [0.5, 0.6) is 0 Å².